The first-order chi connectivity index (χ1) is 15.8. The number of benzene rings is 1. The van der Waals surface area contributed by atoms with Gasteiger partial charge in [0, 0.05) is 19.1 Å². The van der Waals surface area contributed by atoms with E-state index in [1.165, 1.54) is 0 Å². The topological polar surface area (TPSA) is 84.3 Å². The van der Waals surface area contributed by atoms with Gasteiger partial charge in [-0.05, 0) is 63.4 Å². The van der Waals surface area contributed by atoms with Crippen molar-refractivity contribution in [1.82, 2.24) is 15.1 Å². The van der Waals surface area contributed by atoms with E-state index in [4.69, 9.17) is 13.9 Å². The molecule has 0 spiro atoms. The number of rotatable bonds is 12. The molecule has 0 fully saturated rings. The molecular formula is C25H37N3O5. The lowest BCUT2D eigenvalue weighted by atomic mass is 10.1. The minimum atomic E-state index is -0.228. The second-order valence-corrected chi connectivity index (χ2v) is 7.99. The molecule has 1 aromatic carbocycles. The van der Waals surface area contributed by atoms with E-state index in [1.807, 2.05) is 58.0 Å². The number of methoxy groups -OCH3 is 2. The van der Waals surface area contributed by atoms with E-state index in [0.717, 1.165) is 17.7 Å². The number of hydrogen-bond acceptors (Lipinski definition) is 5. The first-order valence-electron chi connectivity index (χ1n) is 11.4. The van der Waals surface area contributed by atoms with Crippen LogP contribution >= 0.6 is 0 Å². The highest BCUT2D eigenvalue weighted by Crippen LogP contribution is 2.27. The summed E-state index contributed by atoms with van der Waals surface area (Å²) in [6.07, 6.45) is 1.38. The third-order valence-corrected chi connectivity index (χ3v) is 5.63. The lowest BCUT2D eigenvalue weighted by Gasteiger charge is -2.31. The molecule has 0 aliphatic rings. The van der Waals surface area contributed by atoms with Crippen molar-refractivity contribution in [3.8, 4) is 11.5 Å². The van der Waals surface area contributed by atoms with Gasteiger partial charge < -0.3 is 29.0 Å². The molecule has 0 radical (unpaired) electrons. The molecule has 0 bridgehead atoms. The molecule has 1 atom stereocenters. The van der Waals surface area contributed by atoms with Gasteiger partial charge in [-0.3, -0.25) is 4.79 Å². The molecule has 0 saturated carbocycles. The minimum Gasteiger partial charge on any atom is -0.493 e. The fourth-order valence-corrected chi connectivity index (χ4v) is 3.50. The quantitative estimate of drug-likeness (QED) is 0.519. The van der Waals surface area contributed by atoms with Crippen LogP contribution in [0.5, 0.6) is 11.5 Å². The Labute approximate surface area is 196 Å². The predicted octanol–water partition coefficient (Wildman–Crippen LogP) is 4.01. The van der Waals surface area contributed by atoms with Crippen molar-refractivity contribution in [2.75, 3.05) is 33.9 Å². The van der Waals surface area contributed by atoms with Crippen molar-refractivity contribution in [2.24, 2.45) is 0 Å². The average Bonchev–Trinajstić information content (AvgIpc) is 3.23. The van der Waals surface area contributed by atoms with Crippen LogP contribution in [-0.2, 0) is 17.8 Å². The number of nitrogens with one attached hydrogen (secondary N) is 1. The van der Waals surface area contributed by atoms with Gasteiger partial charge in [0.2, 0.25) is 5.91 Å². The average molecular weight is 460 g/mol. The maximum Gasteiger partial charge on any atom is 0.318 e. The van der Waals surface area contributed by atoms with Crippen LogP contribution in [0.4, 0.5) is 4.79 Å². The van der Waals surface area contributed by atoms with Crippen molar-refractivity contribution in [2.45, 2.75) is 53.1 Å². The first kappa shape index (κ1) is 26.1. The Morgan fingerprint density at radius 1 is 1.09 bits per heavy atom. The van der Waals surface area contributed by atoms with Crippen molar-refractivity contribution in [3.63, 3.8) is 0 Å². The Hall–Kier alpha value is -3.16. The number of ether oxygens (including phenoxy) is 2. The normalized spacial score (nSPS) is 11.6. The Morgan fingerprint density at radius 3 is 2.39 bits per heavy atom. The molecule has 1 heterocycles. The molecule has 8 heteroatoms. The van der Waals surface area contributed by atoms with Crippen LogP contribution in [0.1, 0.15) is 44.3 Å². The smallest absolute Gasteiger partial charge is 0.318 e. The molecule has 0 aliphatic heterocycles. The van der Waals surface area contributed by atoms with Gasteiger partial charge in [0.15, 0.2) is 11.5 Å². The van der Waals surface area contributed by atoms with Crippen molar-refractivity contribution in [3.05, 3.63) is 47.4 Å². The van der Waals surface area contributed by atoms with Crippen LogP contribution < -0.4 is 14.8 Å². The molecule has 2 aromatic rings. The monoisotopic (exact) mass is 459 g/mol. The van der Waals surface area contributed by atoms with Crippen molar-refractivity contribution in [1.29, 1.82) is 0 Å². The van der Waals surface area contributed by atoms with E-state index in [9.17, 15) is 9.59 Å². The highest BCUT2D eigenvalue weighted by molar-refractivity contribution is 5.84. The zero-order chi connectivity index (χ0) is 24.4. The summed E-state index contributed by atoms with van der Waals surface area (Å²) in [6.45, 7) is 9.01. The molecule has 0 aliphatic carbocycles. The Kier molecular flexibility index (Phi) is 10.1. The molecule has 3 amide bonds. The largest absolute Gasteiger partial charge is 0.493 e. The molecule has 1 N–H and O–H groups in total. The molecule has 1 aromatic heterocycles. The fourth-order valence-electron chi connectivity index (χ4n) is 3.50. The zero-order valence-electron chi connectivity index (χ0n) is 20.6. The number of carbonyl (C=O) groups is 2. The van der Waals surface area contributed by atoms with Gasteiger partial charge in [-0.2, -0.15) is 0 Å². The Morgan fingerprint density at radius 2 is 1.82 bits per heavy atom. The third-order valence-electron chi connectivity index (χ3n) is 5.63. The van der Waals surface area contributed by atoms with Gasteiger partial charge in [-0.15, -0.1) is 0 Å². The first-order valence-corrected chi connectivity index (χ1v) is 11.4. The highest BCUT2D eigenvalue weighted by atomic mass is 16.5. The van der Waals surface area contributed by atoms with E-state index in [2.05, 4.69) is 5.32 Å². The molecule has 1 unspecified atom stereocenters. The number of furan rings is 1. The summed E-state index contributed by atoms with van der Waals surface area (Å²) in [4.78, 5) is 29.3. The van der Waals surface area contributed by atoms with Crippen LogP contribution in [0.3, 0.4) is 0 Å². The summed E-state index contributed by atoms with van der Waals surface area (Å²) in [7, 11) is 3.20. The predicted molar refractivity (Wildman–Crippen MR) is 128 cm³/mol. The minimum absolute atomic E-state index is 0.00641. The van der Waals surface area contributed by atoms with Crippen LogP contribution in [-0.4, -0.2) is 61.6 Å². The standard InChI is InChI=1S/C25H37N3O5/c1-7-18(3)28(25(30)26-8-2)17-24(29)27(16-21-11-9-19(4)33-21)14-13-20-10-12-22(31-5)23(15-20)32-6/h9-12,15,18H,7-8,13-14,16-17H2,1-6H3,(H,26,30). The molecular weight excluding hydrogens is 422 g/mol. The SMILES string of the molecule is CCNC(=O)N(CC(=O)N(CCc1ccc(OC)c(OC)c1)Cc1ccc(C)o1)C(C)CC. The third kappa shape index (κ3) is 7.44. The zero-order valence-corrected chi connectivity index (χ0v) is 20.6. The maximum atomic E-state index is 13.4. The second kappa shape index (κ2) is 12.8. The lowest BCUT2D eigenvalue weighted by Crippen LogP contribution is -2.50. The second-order valence-electron chi connectivity index (χ2n) is 7.99. The molecule has 2 rings (SSSR count). The summed E-state index contributed by atoms with van der Waals surface area (Å²) < 4.78 is 16.4. The molecule has 8 nitrogen and oxygen atoms in total. The Bertz CT molecular complexity index is 911. The summed E-state index contributed by atoms with van der Waals surface area (Å²) in [5.41, 5.74) is 1.02. The summed E-state index contributed by atoms with van der Waals surface area (Å²) in [5, 5.41) is 2.81. The molecule has 182 valence electrons. The lowest BCUT2D eigenvalue weighted by molar-refractivity contribution is -0.133. The van der Waals surface area contributed by atoms with Gasteiger partial charge >= 0.3 is 6.03 Å². The van der Waals surface area contributed by atoms with E-state index in [-0.39, 0.29) is 24.5 Å². The molecule has 33 heavy (non-hydrogen) atoms. The number of nitrogens with zero attached hydrogens (tertiary/aromatic N) is 2. The van der Waals surface area contributed by atoms with E-state index < -0.39 is 0 Å². The van der Waals surface area contributed by atoms with Gasteiger partial charge in [0.25, 0.3) is 0 Å². The number of hydrogen-bond donors (Lipinski definition) is 1. The molecule has 0 saturated heterocycles. The van der Waals surface area contributed by atoms with Gasteiger partial charge in [-0.25, -0.2) is 4.79 Å². The number of aryl methyl sites for hydroxylation is 1. The van der Waals surface area contributed by atoms with Crippen LogP contribution in [0.25, 0.3) is 0 Å². The van der Waals surface area contributed by atoms with E-state index in [1.54, 1.807) is 24.0 Å². The summed E-state index contributed by atoms with van der Waals surface area (Å²) in [6, 6.07) is 9.21. The van der Waals surface area contributed by atoms with Crippen LogP contribution in [0.2, 0.25) is 0 Å². The van der Waals surface area contributed by atoms with Gasteiger partial charge in [-0.1, -0.05) is 13.0 Å². The maximum absolute atomic E-state index is 13.4. The van der Waals surface area contributed by atoms with Crippen LogP contribution in [0.15, 0.2) is 34.7 Å². The van der Waals surface area contributed by atoms with Crippen molar-refractivity contribution < 1.29 is 23.5 Å². The van der Waals surface area contributed by atoms with Gasteiger partial charge in [0.05, 0.1) is 20.8 Å². The van der Waals surface area contributed by atoms with Crippen LogP contribution in [0, 0.1) is 6.92 Å². The summed E-state index contributed by atoms with van der Waals surface area (Å²) in [5.74, 6) is 2.68. The summed E-state index contributed by atoms with van der Waals surface area (Å²) >= 11 is 0. The number of carbonyl (C=O) groups excluding carboxylic acids is 2. The number of urea groups is 1. The number of amides is 3. The van der Waals surface area contributed by atoms with Crippen molar-refractivity contribution >= 4 is 11.9 Å². The fraction of sp³-hybridized carbons (Fsp3) is 0.520. The Balaban J connectivity index is 2.20. The van der Waals surface area contributed by atoms with E-state index >= 15 is 0 Å². The van der Waals surface area contributed by atoms with Gasteiger partial charge in [0.1, 0.15) is 18.1 Å². The van der Waals surface area contributed by atoms with E-state index in [0.29, 0.717) is 43.3 Å². The highest BCUT2D eigenvalue weighted by Gasteiger charge is 2.25.